The van der Waals surface area contributed by atoms with E-state index in [1.54, 1.807) is 18.5 Å². The molecule has 14 heavy (non-hydrogen) atoms. The maximum Gasteiger partial charge on any atom is 0.328 e. The highest BCUT2D eigenvalue weighted by Gasteiger charge is 2.01. The molecule has 5 heteroatoms. The van der Waals surface area contributed by atoms with Gasteiger partial charge in [-0.25, -0.2) is 4.79 Å². The van der Waals surface area contributed by atoms with E-state index in [2.05, 4.69) is 15.2 Å². The molecule has 2 N–H and O–H groups in total. The summed E-state index contributed by atoms with van der Waals surface area (Å²) in [6.07, 6.45) is 5.77. The fraction of sp³-hybridized carbons (Fsp3) is 0. The zero-order valence-electron chi connectivity index (χ0n) is 7.14. The molecule has 5 nitrogen and oxygen atoms in total. The molecule has 70 valence electrons. The lowest BCUT2D eigenvalue weighted by Gasteiger charge is -1.86. The fourth-order valence-electron chi connectivity index (χ4n) is 1.16. The van der Waals surface area contributed by atoms with Crippen molar-refractivity contribution >= 4 is 22.9 Å². The first-order chi connectivity index (χ1) is 6.77. The predicted molar refractivity (Wildman–Crippen MR) is 50.6 cm³/mol. The number of aliphatic carboxylic acids is 1. The fourth-order valence-corrected chi connectivity index (χ4v) is 1.16. The lowest BCUT2D eigenvalue weighted by molar-refractivity contribution is -0.131. The van der Waals surface area contributed by atoms with Gasteiger partial charge in [0.25, 0.3) is 0 Å². The molecule has 0 aliphatic heterocycles. The van der Waals surface area contributed by atoms with Crippen LogP contribution in [0.4, 0.5) is 0 Å². The van der Waals surface area contributed by atoms with E-state index in [0.29, 0.717) is 5.69 Å². The second kappa shape index (κ2) is 3.29. The molecule has 0 fully saturated rings. The van der Waals surface area contributed by atoms with Gasteiger partial charge in [-0.3, -0.25) is 10.1 Å². The summed E-state index contributed by atoms with van der Waals surface area (Å²) in [6, 6.07) is 1.78. The monoisotopic (exact) mass is 189 g/mol. The SMILES string of the molecule is O=C(O)/C=C/c1n[nH]c2cnccc12. The molecule has 0 bridgehead atoms. The van der Waals surface area contributed by atoms with Gasteiger partial charge in [0.05, 0.1) is 17.4 Å². The molecule has 2 rings (SSSR count). The Morgan fingerprint density at radius 3 is 3.21 bits per heavy atom. The Labute approximate surface area is 79.1 Å². The van der Waals surface area contributed by atoms with E-state index in [-0.39, 0.29) is 0 Å². The number of H-pyrrole nitrogens is 1. The van der Waals surface area contributed by atoms with Crippen LogP contribution in [0.25, 0.3) is 17.0 Å². The molecule has 0 aliphatic rings. The minimum absolute atomic E-state index is 0.602. The van der Waals surface area contributed by atoms with Crippen LogP contribution in [0.1, 0.15) is 5.69 Å². The molecule has 0 saturated carbocycles. The number of hydrogen-bond acceptors (Lipinski definition) is 3. The molecular weight excluding hydrogens is 182 g/mol. The molecule has 0 amide bonds. The number of carboxylic acid groups (broad SMARTS) is 1. The van der Waals surface area contributed by atoms with Crippen molar-refractivity contribution in [2.24, 2.45) is 0 Å². The molecule has 0 saturated heterocycles. The van der Waals surface area contributed by atoms with Gasteiger partial charge in [-0.15, -0.1) is 0 Å². The maximum atomic E-state index is 10.3. The zero-order valence-corrected chi connectivity index (χ0v) is 7.14. The third-order valence-corrected chi connectivity index (χ3v) is 1.78. The summed E-state index contributed by atoms with van der Waals surface area (Å²) >= 11 is 0. The van der Waals surface area contributed by atoms with E-state index in [9.17, 15) is 4.79 Å². The Morgan fingerprint density at radius 1 is 1.57 bits per heavy atom. The molecule has 0 radical (unpaired) electrons. The quantitative estimate of drug-likeness (QED) is 0.692. The van der Waals surface area contributed by atoms with Crippen LogP contribution in [0.15, 0.2) is 24.5 Å². The molecule has 2 heterocycles. The first-order valence-corrected chi connectivity index (χ1v) is 3.96. The number of carboxylic acids is 1. The normalized spacial score (nSPS) is 11.1. The Hall–Kier alpha value is -2.17. The average molecular weight is 189 g/mol. The first-order valence-electron chi connectivity index (χ1n) is 3.96. The van der Waals surface area contributed by atoms with Crippen LogP contribution < -0.4 is 0 Å². The molecule has 2 aromatic heterocycles. The van der Waals surface area contributed by atoms with Crippen molar-refractivity contribution in [1.29, 1.82) is 0 Å². The van der Waals surface area contributed by atoms with Crippen LogP contribution in [0.3, 0.4) is 0 Å². The Kier molecular flexibility index (Phi) is 1.98. The van der Waals surface area contributed by atoms with Crippen LogP contribution in [0.2, 0.25) is 0 Å². The number of nitrogens with one attached hydrogen (secondary N) is 1. The van der Waals surface area contributed by atoms with Gasteiger partial charge in [0, 0.05) is 17.7 Å². The largest absolute Gasteiger partial charge is 0.478 e. The smallest absolute Gasteiger partial charge is 0.328 e. The molecular formula is C9H7N3O2. The van der Waals surface area contributed by atoms with Crippen molar-refractivity contribution in [3.63, 3.8) is 0 Å². The third-order valence-electron chi connectivity index (χ3n) is 1.78. The number of nitrogens with zero attached hydrogens (tertiary/aromatic N) is 2. The molecule has 0 atom stereocenters. The van der Waals surface area contributed by atoms with Crippen molar-refractivity contribution in [3.05, 3.63) is 30.2 Å². The van der Waals surface area contributed by atoms with Gasteiger partial charge in [0.2, 0.25) is 0 Å². The van der Waals surface area contributed by atoms with Crippen molar-refractivity contribution < 1.29 is 9.90 Å². The summed E-state index contributed by atoms with van der Waals surface area (Å²) in [5.74, 6) is -0.991. The highest BCUT2D eigenvalue weighted by atomic mass is 16.4. The maximum absolute atomic E-state index is 10.3. The van der Waals surface area contributed by atoms with E-state index in [1.807, 2.05) is 0 Å². The first kappa shape index (κ1) is 8.43. The summed E-state index contributed by atoms with van der Waals surface area (Å²) in [5, 5.41) is 16.0. The van der Waals surface area contributed by atoms with Crippen molar-refractivity contribution in [3.8, 4) is 0 Å². The number of aromatic amines is 1. The van der Waals surface area contributed by atoms with Crippen LogP contribution in [-0.2, 0) is 4.79 Å². The number of aromatic nitrogens is 3. The van der Waals surface area contributed by atoms with Gasteiger partial charge in [-0.1, -0.05) is 0 Å². The minimum Gasteiger partial charge on any atom is -0.478 e. The average Bonchev–Trinajstić information content (AvgIpc) is 2.58. The lowest BCUT2D eigenvalue weighted by atomic mass is 10.2. The van der Waals surface area contributed by atoms with E-state index in [1.165, 1.54) is 6.08 Å². The summed E-state index contributed by atoms with van der Waals surface area (Å²) < 4.78 is 0. The highest BCUT2D eigenvalue weighted by molar-refractivity contribution is 5.91. The minimum atomic E-state index is -0.991. The second-order valence-corrected chi connectivity index (χ2v) is 2.70. The van der Waals surface area contributed by atoms with Gasteiger partial charge >= 0.3 is 5.97 Å². The lowest BCUT2D eigenvalue weighted by Crippen LogP contribution is -1.85. The van der Waals surface area contributed by atoms with E-state index < -0.39 is 5.97 Å². The van der Waals surface area contributed by atoms with Crippen molar-refractivity contribution in [1.82, 2.24) is 15.2 Å². The van der Waals surface area contributed by atoms with Gasteiger partial charge < -0.3 is 5.11 Å². The molecule has 0 aliphatic carbocycles. The van der Waals surface area contributed by atoms with Gasteiger partial charge in [-0.05, 0) is 12.1 Å². The number of rotatable bonds is 2. The number of hydrogen-bond donors (Lipinski definition) is 2. The second-order valence-electron chi connectivity index (χ2n) is 2.70. The van der Waals surface area contributed by atoms with E-state index >= 15 is 0 Å². The Bertz CT molecular complexity index is 501. The predicted octanol–water partition coefficient (Wildman–Crippen LogP) is 1.06. The molecule has 0 spiro atoms. The standard InChI is InChI=1S/C9H7N3O2/c13-9(14)2-1-7-6-3-4-10-5-8(6)12-11-7/h1-5H,(H,11,12)(H,13,14)/b2-1+. The summed E-state index contributed by atoms with van der Waals surface area (Å²) in [4.78, 5) is 14.2. The Morgan fingerprint density at radius 2 is 2.43 bits per heavy atom. The van der Waals surface area contributed by atoms with Crippen LogP contribution >= 0.6 is 0 Å². The topological polar surface area (TPSA) is 78.9 Å². The van der Waals surface area contributed by atoms with Gasteiger partial charge in [-0.2, -0.15) is 5.10 Å². The highest BCUT2D eigenvalue weighted by Crippen LogP contribution is 2.14. The van der Waals surface area contributed by atoms with Gasteiger partial charge in [0.1, 0.15) is 0 Å². The van der Waals surface area contributed by atoms with E-state index in [0.717, 1.165) is 17.0 Å². The summed E-state index contributed by atoms with van der Waals surface area (Å²) in [5.41, 5.74) is 1.39. The number of carbonyl (C=O) groups is 1. The third kappa shape index (κ3) is 1.47. The van der Waals surface area contributed by atoms with Crippen molar-refractivity contribution in [2.45, 2.75) is 0 Å². The summed E-state index contributed by atoms with van der Waals surface area (Å²) in [7, 11) is 0. The van der Waals surface area contributed by atoms with Crippen LogP contribution in [0.5, 0.6) is 0 Å². The number of pyridine rings is 1. The summed E-state index contributed by atoms with van der Waals surface area (Å²) in [6.45, 7) is 0. The number of fused-ring (bicyclic) bond motifs is 1. The molecule has 0 unspecified atom stereocenters. The van der Waals surface area contributed by atoms with Crippen LogP contribution in [0, 0.1) is 0 Å². The molecule has 2 aromatic rings. The van der Waals surface area contributed by atoms with E-state index in [4.69, 9.17) is 5.11 Å². The Balaban J connectivity index is 2.48. The van der Waals surface area contributed by atoms with Gasteiger partial charge in [0.15, 0.2) is 0 Å². The van der Waals surface area contributed by atoms with Crippen molar-refractivity contribution in [2.75, 3.05) is 0 Å². The molecule has 0 aromatic carbocycles. The zero-order chi connectivity index (χ0) is 9.97. The van der Waals surface area contributed by atoms with Crippen LogP contribution in [-0.4, -0.2) is 26.3 Å².